The molecule has 0 bridgehead atoms. The number of nitrogens with one attached hydrogen (secondary N) is 1. The summed E-state index contributed by atoms with van der Waals surface area (Å²) in [6, 6.07) is -0.755. The lowest BCUT2D eigenvalue weighted by molar-refractivity contribution is -0.461. The fourth-order valence-corrected chi connectivity index (χ4v) is 5.71. The molecule has 0 heterocycles. The van der Waals surface area contributed by atoms with Crippen LogP contribution in [0.15, 0.2) is 4.99 Å². The number of hydrogen-bond acceptors (Lipinski definition) is 4. The van der Waals surface area contributed by atoms with Crippen LogP contribution in [0.1, 0.15) is 46.5 Å². The zero-order valence-corrected chi connectivity index (χ0v) is 23.2. The number of nitrogens with zero attached hydrogens (tertiary/aromatic N) is 1. The summed E-state index contributed by atoms with van der Waals surface area (Å²) in [5.74, 6) is -58.4. The zero-order chi connectivity index (χ0) is 35.2. The Balaban J connectivity index is 3.13. The molecule has 0 radical (unpaired) electrons. The van der Waals surface area contributed by atoms with Gasteiger partial charge in [-0.05, 0) is 30.1 Å². The van der Waals surface area contributed by atoms with Crippen molar-refractivity contribution in [2.45, 2.75) is 100 Å². The van der Waals surface area contributed by atoms with Gasteiger partial charge in [-0.1, -0.05) is 32.5 Å². The second-order valence-electron chi connectivity index (χ2n) is 11.3. The number of isocyanates is 1. The summed E-state index contributed by atoms with van der Waals surface area (Å²) >= 11 is -0.309. The number of thioether (sulfide) groups is 1. The smallest absolute Gasteiger partial charge is 0.344 e. The van der Waals surface area contributed by atoms with Crippen LogP contribution in [0.4, 0.5) is 79.4 Å². The van der Waals surface area contributed by atoms with E-state index in [1.807, 2.05) is 0 Å². The molecule has 1 aliphatic rings. The molecule has 4 nitrogen and oxygen atoms in total. The molecular weight excluding hydrogens is 679 g/mol. The lowest BCUT2D eigenvalue weighted by Gasteiger charge is -2.46. The van der Waals surface area contributed by atoms with Crippen molar-refractivity contribution < 1.29 is 84.2 Å². The van der Waals surface area contributed by atoms with E-state index in [1.165, 1.54) is 6.08 Å². The van der Waals surface area contributed by atoms with Crippen LogP contribution < -0.4 is 5.32 Å². The van der Waals surface area contributed by atoms with E-state index in [9.17, 15) is 84.2 Å². The number of amides is 1. The molecule has 44 heavy (non-hydrogen) atoms. The zero-order valence-electron chi connectivity index (χ0n) is 22.4. The standard InChI is InChI=1S/C22H23F17N2O2S/c1-13(2)6-11(7-14(3,8-13)9-40-10-42)41-12(43)44-5-4-15(23,24)16(25,26)17(27,28)18(29,30)19(31,32)20(33,34)21(35,36)22(37,38)39/h11H,4-9H2,1-3H3,(H,41,43). The van der Waals surface area contributed by atoms with Crippen LogP contribution in [0.3, 0.4) is 0 Å². The van der Waals surface area contributed by atoms with E-state index in [0.717, 1.165) is 0 Å². The molecule has 1 aliphatic carbocycles. The van der Waals surface area contributed by atoms with Crippen molar-refractivity contribution >= 4 is 23.1 Å². The Bertz CT molecular complexity index is 1100. The third-order valence-corrected chi connectivity index (χ3v) is 7.52. The number of alkyl halides is 17. The summed E-state index contributed by atoms with van der Waals surface area (Å²) in [5.41, 5.74) is -1.21. The number of aliphatic imine (C=N–C) groups is 1. The second-order valence-corrected chi connectivity index (χ2v) is 12.4. The Morgan fingerprint density at radius 3 is 1.61 bits per heavy atom. The van der Waals surface area contributed by atoms with Crippen LogP contribution in [0.25, 0.3) is 0 Å². The van der Waals surface area contributed by atoms with Crippen LogP contribution in [0, 0.1) is 10.8 Å². The van der Waals surface area contributed by atoms with Crippen LogP contribution in [-0.2, 0) is 4.79 Å². The fraction of sp³-hybridized carbons (Fsp3) is 0.909. The first-order valence-corrected chi connectivity index (χ1v) is 12.9. The number of hydrogen-bond donors (Lipinski definition) is 1. The molecule has 22 heteroatoms. The van der Waals surface area contributed by atoms with Crippen molar-refractivity contribution in [1.29, 1.82) is 0 Å². The SMILES string of the molecule is CC1(C)CC(NC(=O)SCCC(F)(F)C(F)(F)C(F)(F)C(F)(F)C(F)(F)C(F)(F)C(F)(F)C(F)(F)F)CC(C)(CN=C=O)C1. The van der Waals surface area contributed by atoms with E-state index in [0.29, 0.717) is 6.42 Å². The molecule has 0 saturated heterocycles. The number of carbonyl (C=O) groups is 1. The monoisotopic (exact) mass is 702 g/mol. The van der Waals surface area contributed by atoms with Crippen molar-refractivity contribution in [1.82, 2.24) is 5.32 Å². The maximum absolute atomic E-state index is 14.1. The molecule has 1 saturated carbocycles. The molecule has 1 rings (SSSR count). The highest BCUT2D eigenvalue weighted by atomic mass is 32.2. The normalized spacial score (nSPS) is 22.8. The predicted octanol–water partition coefficient (Wildman–Crippen LogP) is 8.75. The van der Waals surface area contributed by atoms with Gasteiger partial charge >= 0.3 is 47.6 Å². The average molecular weight is 702 g/mol. The minimum atomic E-state index is -8.68. The van der Waals surface area contributed by atoms with Gasteiger partial charge in [-0.3, -0.25) is 4.79 Å². The highest BCUT2D eigenvalue weighted by molar-refractivity contribution is 8.13. The van der Waals surface area contributed by atoms with Crippen molar-refractivity contribution in [3.63, 3.8) is 0 Å². The van der Waals surface area contributed by atoms with Gasteiger partial charge in [0, 0.05) is 18.2 Å². The Morgan fingerprint density at radius 1 is 0.750 bits per heavy atom. The maximum Gasteiger partial charge on any atom is 0.460 e. The van der Waals surface area contributed by atoms with Gasteiger partial charge in [0.25, 0.3) is 5.24 Å². The minimum Gasteiger partial charge on any atom is -0.344 e. The van der Waals surface area contributed by atoms with Gasteiger partial charge in [-0.15, -0.1) is 0 Å². The lowest BCUT2D eigenvalue weighted by atomic mass is 9.62. The number of carbonyl (C=O) groups excluding carboxylic acids is 2. The first-order chi connectivity index (χ1) is 19.2. The van der Waals surface area contributed by atoms with Crippen LogP contribution >= 0.6 is 11.8 Å². The molecule has 0 spiro atoms. The Hall–Kier alpha value is -1.99. The molecule has 2 unspecified atom stereocenters. The summed E-state index contributed by atoms with van der Waals surface area (Å²) in [6.07, 6.45) is -8.35. The summed E-state index contributed by atoms with van der Waals surface area (Å²) in [7, 11) is 0. The Kier molecular flexibility index (Phi) is 10.9. The maximum atomic E-state index is 14.1. The van der Waals surface area contributed by atoms with Gasteiger partial charge in [0.1, 0.15) is 0 Å². The van der Waals surface area contributed by atoms with Gasteiger partial charge < -0.3 is 5.32 Å². The molecule has 0 aromatic heterocycles. The largest absolute Gasteiger partial charge is 0.460 e. The highest BCUT2D eigenvalue weighted by Crippen LogP contribution is 2.64. The van der Waals surface area contributed by atoms with Gasteiger partial charge in [-0.25, -0.2) is 9.79 Å². The quantitative estimate of drug-likeness (QED) is 0.126. The highest BCUT2D eigenvalue weighted by Gasteiger charge is 2.95. The third-order valence-electron chi connectivity index (χ3n) is 6.73. The van der Waals surface area contributed by atoms with Crippen LogP contribution in [0.2, 0.25) is 0 Å². The lowest BCUT2D eigenvalue weighted by Crippen LogP contribution is -2.74. The van der Waals surface area contributed by atoms with Crippen molar-refractivity contribution in [3.05, 3.63) is 0 Å². The topological polar surface area (TPSA) is 58.5 Å². The molecule has 258 valence electrons. The number of rotatable bonds is 12. The Morgan fingerprint density at radius 2 is 1.18 bits per heavy atom. The number of halogens is 17. The van der Waals surface area contributed by atoms with Crippen molar-refractivity contribution in [2.75, 3.05) is 12.3 Å². The summed E-state index contributed by atoms with van der Waals surface area (Å²) in [6.45, 7) is 5.11. The molecule has 2 atom stereocenters. The molecule has 1 amide bonds. The molecule has 1 N–H and O–H groups in total. The van der Waals surface area contributed by atoms with Gasteiger partial charge in [0.2, 0.25) is 6.08 Å². The predicted molar refractivity (Wildman–Crippen MR) is 119 cm³/mol. The first kappa shape index (κ1) is 40.0. The summed E-state index contributed by atoms with van der Waals surface area (Å²) in [4.78, 5) is 26.1. The molecular formula is C22H23F17N2O2S. The Labute approximate surface area is 241 Å². The molecule has 1 fully saturated rings. The first-order valence-electron chi connectivity index (χ1n) is 11.9. The van der Waals surface area contributed by atoms with E-state index in [1.54, 1.807) is 20.8 Å². The minimum absolute atomic E-state index is 0.0432. The van der Waals surface area contributed by atoms with E-state index in [4.69, 9.17) is 0 Å². The van der Waals surface area contributed by atoms with E-state index >= 15 is 0 Å². The van der Waals surface area contributed by atoms with E-state index in [-0.39, 0.29) is 31.1 Å². The molecule has 0 aliphatic heterocycles. The van der Waals surface area contributed by atoms with Crippen molar-refractivity contribution in [2.24, 2.45) is 15.8 Å². The van der Waals surface area contributed by atoms with E-state index < -0.39 is 81.9 Å². The van der Waals surface area contributed by atoms with Gasteiger partial charge in [-0.2, -0.15) is 74.6 Å². The summed E-state index contributed by atoms with van der Waals surface area (Å²) in [5, 5.41) is 1.03. The second kappa shape index (κ2) is 12.0. The van der Waals surface area contributed by atoms with Gasteiger partial charge in [0.15, 0.2) is 0 Å². The fourth-order valence-electron chi connectivity index (χ4n) is 4.91. The van der Waals surface area contributed by atoms with Crippen LogP contribution in [-0.4, -0.2) is 77.3 Å². The summed E-state index contributed by atoms with van der Waals surface area (Å²) < 4.78 is 227. The van der Waals surface area contributed by atoms with Crippen LogP contribution in [0.5, 0.6) is 0 Å². The van der Waals surface area contributed by atoms with Gasteiger partial charge in [0.05, 0.1) is 6.54 Å². The molecule has 0 aromatic rings. The average Bonchev–Trinajstić information content (AvgIpc) is 2.79. The third kappa shape index (κ3) is 7.04. The van der Waals surface area contributed by atoms with E-state index in [2.05, 4.69) is 10.3 Å². The van der Waals surface area contributed by atoms with Crippen molar-refractivity contribution in [3.8, 4) is 0 Å². The molecule has 0 aromatic carbocycles.